The van der Waals surface area contributed by atoms with Crippen molar-refractivity contribution in [2.24, 2.45) is 0 Å². The van der Waals surface area contributed by atoms with Gasteiger partial charge in [-0.05, 0) is 58.1 Å². The summed E-state index contributed by atoms with van der Waals surface area (Å²) in [6, 6.07) is 0. The Morgan fingerprint density at radius 1 is 1.15 bits per heavy atom. The molecule has 0 radical (unpaired) electrons. The van der Waals surface area contributed by atoms with Crippen LogP contribution < -0.4 is 0 Å². The average Bonchev–Trinajstić information content (AvgIpc) is 2.43. The van der Waals surface area contributed by atoms with E-state index in [2.05, 4.69) is 0 Å². The maximum absolute atomic E-state index is 12.2. The van der Waals surface area contributed by atoms with E-state index in [4.69, 9.17) is 14.2 Å². The molecule has 0 aromatic heterocycles. The Labute approximate surface area is 120 Å². The van der Waals surface area contributed by atoms with Crippen LogP contribution in [0.2, 0.25) is 0 Å². The van der Waals surface area contributed by atoms with E-state index in [0.29, 0.717) is 6.42 Å². The van der Waals surface area contributed by atoms with Crippen LogP contribution in [0.1, 0.15) is 53.4 Å². The van der Waals surface area contributed by atoms with Crippen molar-refractivity contribution in [2.45, 2.75) is 64.6 Å². The van der Waals surface area contributed by atoms with Gasteiger partial charge in [0.2, 0.25) is 5.60 Å². The fraction of sp³-hybridized carbons (Fsp3) is 0.688. The predicted molar refractivity (Wildman–Crippen MR) is 75.9 cm³/mol. The van der Waals surface area contributed by atoms with E-state index in [0.717, 1.165) is 24.8 Å². The third-order valence-electron chi connectivity index (χ3n) is 4.05. The van der Waals surface area contributed by atoms with Gasteiger partial charge in [-0.2, -0.15) is 0 Å². The Morgan fingerprint density at radius 3 is 2.25 bits per heavy atom. The standard InChI is InChI=1S/C16H24O4/c1-12-5-7-15(3,19-9-12)11-18-14(17)16(4)8-6-13(2)10-20-16/h9-10H,5-8,11H2,1-4H3/t15-,16-/m1/s1. The second-order valence-corrected chi connectivity index (χ2v) is 6.42. The Bertz CT molecular complexity index is 451. The highest BCUT2D eigenvalue weighted by molar-refractivity contribution is 5.79. The van der Waals surface area contributed by atoms with Crippen LogP contribution in [0.3, 0.4) is 0 Å². The molecule has 2 heterocycles. The van der Waals surface area contributed by atoms with E-state index in [1.165, 1.54) is 5.57 Å². The van der Waals surface area contributed by atoms with Crippen molar-refractivity contribution < 1.29 is 19.0 Å². The summed E-state index contributed by atoms with van der Waals surface area (Å²) in [5.74, 6) is -0.308. The number of hydrogen-bond acceptors (Lipinski definition) is 4. The highest BCUT2D eigenvalue weighted by atomic mass is 16.6. The molecule has 4 nitrogen and oxygen atoms in total. The van der Waals surface area contributed by atoms with E-state index < -0.39 is 11.2 Å². The fourth-order valence-electron chi connectivity index (χ4n) is 2.23. The first-order valence-electron chi connectivity index (χ1n) is 7.17. The van der Waals surface area contributed by atoms with Gasteiger partial charge < -0.3 is 14.2 Å². The Morgan fingerprint density at radius 2 is 1.75 bits per heavy atom. The number of hydrogen-bond donors (Lipinski definition) is 0. The number of allylic oxidation sites excluding steroid dienone is 2. The fourth-order valence-corrected chi connectivity index (χ4v) is 2.23. The van der Waals surface area contributed by atoms with E-state index in [-0.39, 0.29) is 12.6 Å². The molecule has 0 aromatic carbocycles. The first-order valence-corrected chi connectivity index (χ1v) is 7.17. The minimum absolute atomic E-state index is 0.261. The molecule has 0 saturated heterocycles. The molecular formula is C16H24O4. The van der Waals surface area contributed by atoms with Gasteiger partial charge in [0.1, 0.15) is 12.2 Å². The van der Waals surface area contributed by atoms with Gasteiger partial charge in [0.25, 0.3) is 0 Å². The molecule has 2 rings (SSSR count). The monoisotopic (exact) mass is 280 g/mol. The van der Waals surface area contributed by atoms with Crippen molar-refractivity contribution in [3.05, 3.63) is 23.7 Å². The van der Waals surface area contributed by atoms with Crippen LogP contribution in [0.15, 0.2) is 23.7 Å². The first-order chi connectivity index (χ1) is 9.33. The maximum Gasteiger partial charge on any atom is 0.350 e. The molecule has 20 heavy (non-hydrogen) atoms. The van der Waals surface area contributed by atoms with Crippen molar-refractivity contribution in [1.82, 2.24) is 0 Å². The zero-order valence-electron chi connectivity index (χ0n) is 12.8. The summed E-state index contributed by atoms with van der Waals surface area (Å²) >= 11 is 0. The zero-order chi connectivity index (χ0) is 14.8. The van der Waals surface area contributed by atoms with Gasteiger partial charge in [0, 0.05) is 6.42 Å². The van der Waals surface area contributed by atoms with E-state index in [1.807, 2.05) is 20.8 Å². The SMILES string of the molecule is CC1=CO[C@@](C)(COC(=O)[C@@]2(C)CCC(C)=CO2)CC1. The van der Waals surface area contributed by atoms with Gasteiger partial charge in [-0.1, -0.05) is 0 Å². The molecular weight excluding hydrogens is 256 g/mol. The molecule has 0 spiro atoms. The predicted octanol–water partition coefficient (Wildman–Crippen LogP) is 3.48. The minimum Gasteiger partial charge on any atom is -0.492 e. The van der Waals surface area contributed by atoms with Crippen LogP contribution in [0.5, 0.6) is 0 Å². The summed E-state index contributed by atoms with van der Waals surface area (Å²) in [5.41, 5.74) is 1.08. The summed E-state index contributed by atoms with van der Waals surface area (Å²) in [4.78, 5) is 12.2. The smallest absolute Gasteiger partial charge is 0.350 e. The summed E-state index contributed by atoms with van der Waals surface area (Å²) in [7, 11) is 0. The molecule has 112 valence electrons. The summed E-state index contributed by atoms with van der Waals surface area (Å²) in [6.07, 6.45) is 6.78. The van der Waals surface area contributed by atoms with Gasteiger partial charge in [0.05, 0.1) is 12.5 Å². The molecule has 0 saturated carbocycles. The number of esters is 1. The topological polar surface area (TPSA) is 44.8 Å². The van der Waals surface area contributed by atoms with Crippen LogP contribution in [0.25, 0.3) is 0 Å². The molecule has 0 aromatic rings. The molecule has 0 N–H and O–H groups in total. The van der Waals surface area contributed by atoms with Crippen LogP contribution in [-0.2, 0) is 19.0 Å². The third kappa shape index (κ3) is 3.35. The molecule has 0 unspecified atom stereocenters. The quantitative estimate of drug-likeness (QED) is 0.742. The lowest BCUT2D eigenvalue weighted by atomic mass is 9.94. The zero-order valence-corrected chi connectivity index (χ0v) is 12.8. The molecule has 0 fully saturated rings. The van der Waals surface area contributed by atoms with Crippen LogP contribution in [0.4, 0.5) is 0 Å². The van der Waals surface area contributed by atoms with E-state index in [9.17, 15) is 4.79 Å². The van der Waals surface area contributed by atoms with Crippen molar-refractivity contribution in [3.8, 4) is 0 Å². The van der Waals surface area contributed by atoms with E-state index >= 15 is 0 Å². The number of carbonyl (C=O) groups is 1. The van der Waals surface area contributed by atoms with Gasteiger partial charge in [0.15, 0.2) is 0 Å². The number of ether oxygens (including phenoxy) is 3. The van der Waals surface area contributed by atoms with Gasteiger partial charge in [-0.3, -0.25) is 0 Å². The molecule has 0 bridgehead atoms. The lowest BCUT2D eigenvalue weighted by molar-refractivity contribution is -0.173. The third-order valence-corrected chi connectivity index (χ3v) is 4.05. The van der Waals surface area contributed by atoms with Crippen molar-refractivity contribution >= 4 is 5.97 Å². The second-order valence-electron chi connectivity index (χ2n) is 6.42. The minimum atomic E-state index is -0.865. The maximum atomic E-state index is 12.2. The van der Waals surface area contributed by atoms with Crippen LogP contribution >= 0.6 is 0 Å². The normalized spacial score (nSPS) is 33.4. The van der Waals surface area contributed by atoms with Gasteiger partial charge in [-0.15, -0.1) is 0 Å². The molecule has 2 aliphatic heterocycles. The molecule has 0 aliphatic carbocycles. The molecule has 4 heteroatoms. The van der Waals surface area contributed by atoms with Crippen molar-refractivity contribution in [2.75, 3.05) is 6.61 Å². The van der Waals surface area contributed by atoms with Crippen LogP contribution in [0, 0.1) is 0 Å². The Kier molecular flexibility index (Phi) is 4.11. The molecule has 2 atom stereocenters. The highest BCUT2D eigenvalue weighted by Crippen LogP contribution is 2.30. The summed E-state index contributed by atoms with van der Waals surface area (Å²) < 4.78 is 16.7. The number of rotatable bonds is 3. The van der Waals surface area contributed by atoms with Crippen molar-refractivity contribution in [3.63, 3.8) is 0 Å². The summed E-state index contributed by atoms with van der Waals surface area (Å²) in [5, 5.41) is 0. The van der Waals surface area contributed by atoms with E-state index in [1.54, 1.807) is 19.4 Å². The molecule has 0 amide bonds. The summed E-state index contributed by atoms with van der Waals surface area (Å²) in [6.45, 7) is 8.05. The second kappa shape index (κ2) is 5.51. The lowest BCUT2D eigenvalue weighted by Crippen LogP contribution is -2.44. The highest BCUT2D eigenvalue weighted by Gasteiger charge is 2.40. The Hall–Kier alpha value is -1.45. The van der Waals surface area contributed by atoms with Gasteiger partial charge in [-0.25, -0.2) is 4.79 Å². The van der Waals surface area contributed by atoms with Crippen LogP contribution in [-0.4, -0.2) is 23.8 Å². The van der Waals surface area contributed by atoms with Gasteiger partial charge >= 0.3 is 5.97 Å². The number of carbonyl (C=O) groups excluding carboxylic acids is 1. The van der Waals surface area contributed by atoms with Crippen molar-refractivity contribution in [1.29, 1.82) is 0 Å². The lowest BCUT2D eigenvalue weighted by Gasteiger charge is -2.35. The average molecular weight is 280 g/mol. The molecule has 2 aliphatic rings. The Balaban J connectivity index is 1.89. The largest absolute Gasteiger partial charge is 0.492 e. The first kappa shape index (κ1) is 14.9.